The van der Waals surface area contributed by atoms with Crippen LogP contribution in [0.3, 0.4) is 0 Å². The van der Waals surface area contributed by atoms with Crippen LogP contribution in [0.5, 0.6) is 0 Å². The second-order valence-corrected chi connectivity index (χ2v) is 10.3. The van der Waals surface area contributed by atoms with Gasteiger partial charge in [0.2, 0.25) is 0 Å². The summed E-state index contributed by atoms with van der Waals surface area (Å²) in [6.45, 7) is 2.06. The number of thioether (sulfide) groups is 1. The Morgan fingerprint density at radius 3 is 2.82 bits per heavy atom. The number of aryl methyl sites for hydroxylation is 2. The van der Waals surface area contributed by atoms with Gasteiger partial charge < -0.3 is 10.2 Å². The fourth-order valence-electron chi connectivity index (χ4n) is 3.16. The summed E-state index contributed by atoms with van der Waals surface area (Å²) in [5.74, 6) is -0.466. The van der Waals surface area contributed by atoms with E-state index in [0.717, 1.165) is 30.2 Å². The largest absolute Gasteiger partial charge is 0.481 e. The van der Waals surface area contributed by atoms with Gasteiger partial charge in [-0.15, -0.1) is 23.1 Å². The van der Waals surface area contributed by atoms with Crippen LogP contribution < -0.4 is 0 Å². The van der Waals surface area contributed by atoms with Gasteiger partial charge in [-0.25, -0.2) is 0 Å². The zero-order valence-electron chi connectivity index (χ0n) is 16.0. The number of aliphatic carboxylic acids is 1. The average Bonchev–Trinajstić information content (AvgIpc) is 3.16. The van der Waals surface area contributed by atoms with Gasteiger partial charge in [-0.3, -0.25) is 9.59 Å². The molecule has 1 fully saturated rings. The molecule has 4 nitrogen and oxygen atoms in total. The van der Waals surface area contributed by atoms with Crippen molar-refractivity contribution in [2.75, 3.05) is 0 Å². The minimum absolute atomic E-state index is 0.0516. The highest BCUT2D eigenvalue weighted by molar-refractivity contribution is 9.10. The number of carboxylic acid groups (broad SMARTS) is 1. The maximum atomic E-state index is 12.2. The summed E-state index contributed by atoms with van der Waals surface area (Å²) in [5.41, 5.74) is 0. The number of rotatable bonds is 11. The number of aliphatic hydroxyl groups excluding tert-OH is 1. The van der Waals surface area contributed by atoms with Crippen LogP contribution in [-0.2, 0) is 16.0 Å². The molecule has 1 aromatic heterocycles. The van der Waals surface area contributed by atoms with Crippen molar-refractivity contribution < 1.29 is 19.8 Å². The Hall–Kier alpha value is -0.890. The van der Waals surface area contributed by atoms with Crippen molar-refractivity contribution in [2.24, 2.45) is 5.92 Å². The molecule has 3 atom stereocenters. The van der Waals surface area contributed by atoms with E-state index in [-0.39, 0.29) is 29.5 Å². The highest BCUT2D eigenvalue weighted by atomic mass is 79.9. The van der Waals surface area contributed by atoms with Gasteiger partial charge in [0.15, 0.2) is 5.78 Å². The van der Waals surface area contributed by atoms with Crippen LogP contribution in [0.4, 0.5) is 0 Å². The molecule has 1 unspecified atom stereocenters. The van der Waals surface area contributed by atoms with Crippen LogP contribution in [0.2, 0.25) is 0 Å². The van der Waals surface area contributed by atoms with Crippen molar-refractivity contribution in [2.45, 2.75) is 63.2 Å². The van der Waals surface area contributed by atoms with Crippen LogP contribution in [0, 0.1) is 12.8 Å². The molecule has 2 rings (SSSR count). The first-order valence-electron chi connectivity index (χ1n) is 9.53. The third-order valence-electron chi connectivity index (χ3n) is 4.75. The summed E-state index contributed by atoms with van der Waals surface area (Å²) in [5, 5.41) is 20.9. The van der Waals surface area contributed by atoms with Gasteiger partial charge in [-0.1, -0.05) is 12.2 Å². The number of aliphatic hydroxyl groups is 1. The molecular formula is C21H27BrO4S2. The summed E-state index contributed by atoms with van der Waals surface area (Å²) in [4.78, 5) is 25.2. The Labute approximate surface area is 183 Å². The van der Waals surface area contributed by atoms with Crippen molar-refractivity contribution in [3.05, 3.63) is 43.9 Å². The Morgan fingerprint density at radius 1 is 1.36 bits per heavy atom. The SMILES string of the molecule is Cc1sc(CCC(=O)C=C[C@H]2CCC(O)[C@@H]2SC=CCCCC(=O)O)cc1Br. The number of hydrogen-bond acceptors (Lipinski definition) is 5. The van der Waals surface area contributed by atoms with Gasteiger partial charge in [0, 0.05) is 32.3 Å². The normalized spacial score (nSPS) is 22.5. The first-order valence-corrected chi connectivity index (χ1v) is 12.1. The zero-order chi connectivity index (χ0) is 20.5. The monoisotopic (exact) mass is 486 g/mol. The van der Waals surface area contributed by atoms with Gasteiger partial charge in [0.05, 0.1) is 6.10 Å². The number of ketones is 1. The fraction of sp³-hybridized carbons (Fsp3) is 0.524. The highest BCUT2D eigenvalue weighted by Gasteiger charge is 2.33. The van der Waals surface area contributed by atoms with Crippen LogP contribution >= 0.6 is 39.0 Å². The fourth-order valence-corrected chi connectivity index (χ4v) is 5.94. The van der Waals surface area contributed by atoms with Crippen molar-refractivity contribution in [1.82, 2.24) is 0 Å². The van der Waals surface area contributed by atoms with Crippen molar-refractivity contribution in [3.8, 4) is 0 Å². The molecule has 0 aromatic carbocycles. The first kappa shape index (κ1) is 23.4. The number of carbonyl (C=O) groups is 2. The maximum absolute atomic E-state index is 12.2. The van der Waals surface area contributed by atoms with Gasteiger partial charge in [0.25, 0.3) is 0 Å². The van der Waals surface area contributed by atoms with Gasteiger partial charge in [-0.2, -0.15) is 0 Å². The number of allylic oxidation sites excluding steroid dienone is 3. The lowest BCUT2D eigenvalue weighted by atomic mass is 10.1. The smallest absolute Gasteiger partial charge is 0.303 e. The molecule has 7 heteroatoms. The molecule has 154 valence electrons. The van der Waals surface area contributed by atoms with E-state index in [1.165, 1.54) is 9.75 Å². The molecule has 0 radical (unpaired) electrons. The molecule has 1 aromatic rings. The predicted molar refractivity (Wildman–Crippen MR) is 120 cm³/mol. The highest BCUT2D eigenvalue weighted by Crippen LogP contribution is 2.37. The maximum Gasteiger partial charge on any atom is 0.303 e. The van der Waals surface area contributed by atoms with Crippen LogP contribution in [-0.4, -0.2) is 33.3 Å². The first-order chi connectivity index (χ1) is 13.4. The third kappa shape index (κ3) is 7.85. The lowest BCUT2D eigenvalue weighted by Crippen LogP contribution is -2.20. The molecule has 0 spiro atoms. The number of thiophene rings is 1. The molecule has 28 heavy (non-hydrogen) atoms. The average molecular weight is 487 g/mol. The predicted octanol–water partition coefficient (Wildman–Crippen LogP) is 5.52. The second-order valence-electron chi connectivity index (χ2n) is 7.01. The number of hydrogen-bond donors (Lipinski definition) is 2. The molecule has 0 saturated heterocycles. The molecular weight excluding hydrogens is 460 g/mol. The van der Waals surface area contributed by atoms with Gasteiger partial charge >= 0.3 is 5.97 Å². The number of carbonyl (C=O) groups excluding carboxylic acids is 1. The lowest BCUT2D eigenvalue weighted by molar-refractivity contribution is -0.137. The van der Waals surface area contributed by atoms with Crippen LogP contribution in [0.1, 0.15) is 48.3 Å². The Kier molecular flexibility index (Phi) is 9.99. The summed E-state index contributed by atoms with van der Waals surface area (Å²) in [7, 11) is 0. The molecule has 1 heterocycles. The summed E-state index contributed by atoms with van der Waals surface area (Å²) in [6.07, 6.45) is 9.64. The number of unbranched alkanes of at least 4 members (excludes halogenated alkanes) is 1. The van der Waals surface area contributed by atoms with E-state index in [9.17, 15) is 14.7 Å². The summed E-state index contributed by atoms with van der Waals surface area (Å²) in [6, 6.07) is 2.08. The Balaban J connectivity index is 1.77. The van der Waals surface area contributed by atoms with E-state index < -0.39 is 5.97 Å². The van der Waals surface area contributed by atoms with E-state index in [1.54, 1.807) is 29.2 Å². The molecule has 2 N–H and O–H groups in total. The van der Waals surface area contributed by atoms with Crippen LogP contribution in [0.15, 0.2) is 34.2 Å². The molecule has 0 bridgehead atoms. The van der Waals surface area contributed by atoms with Crippen molar-refractivity contribution in [1.29, 1.82) is 0 Å². The molecule has 1 aliphatic carbocycles. The van der Waals surface area contributed by atoms with Crippen molar-refractivity contribution in [3.63, 3.8) is 0 Å². The van der Waals surface area contributed by atoms with E-state index in [1.807, 2.05) is 17.6 Å². The Morgan fingerprint density at radius 2 is 2.14 bits per heavy atom. The number of halogens is 1. The van der Waals surface area contributed by atoms with E-state index in [4.69, 9.17) is 5.11 Å². The van der Waals surface area contributed by atoms with E-state index >= 15 is 0 Å². The third-order valence-corrected chi connectivity index (χ3v) is 8.27. The lowest BCUT2D eigenvalue weighted by Gasteiger charge is -2.17. The zero-order valence-corrected chi connectivity index (χ0v) is 19.2. The summed E-state index contributed by atoms with van der Waals surface area (Å²) >= 11 is 6.80. The van der Waals surface area contributed by atoms with Crippen LogP contribution in [0.25, 0.3) is 0 Å². The minimum Gasteiger partial charge on any atom is -0.481 e. The molecule has 1 saturated carbocycles. The number of carboxylic acids is 1. The van der Waals surface area contributed by atoms with Gasteiger partial charge in [-0.05, 0) is 78.4 Å². The quantitative estimate of drug-likeness (QED) is 0.318. The standard InChI is InChI=1S/C21H27BrO4S2/c1-14-18(22)13-17(28-14)10-9-16(23)8-6-15-7-11-19(24)21(15)27-12-4-2-3-5-20(25)26/h4,6,8,12-13,15,19,21,24H,2-3,5,7,9-11H2,1H3,(H,25,26)/t15-,19?,21+/m0/s1. The molecule has 0 amide bonds. The van der Waals surface area contributed by atoms with E-state index in [2.05, 4.69) is 28.9 Å². The summed E-state index contributed by atoms with van der Waals surface area (Å²) < 4.78 is 1.10. The molecule has 0 aliphatic heterocycles. The van der Waals surface area contributed by atoms with E-state index in [0.29, 0.717) is 12.8 Å². The van der Waals surface area contributed by atoms with Crippen molar-refractivity contribution >= 4 is 50.8 Å². The Bertz CT molecular complexity index is 706. The minimum atomic E-state index is -0.774. The molecule has 1 aliphatic rings. The topological polar surface area (TPSA) is 74.6 Å². The second kappa shape index (κ2) is 12.0. The van der Waals surface area contributed by atoms with Gasteiger partial charge in [0.1, 0.15) is 0 Å².